The van der Waals surface area contributed by atoms with E-state index >= 15 is 0 Å². The first-order valence-electron chi connectivity index (χ1n) is 4.84. The maximum atomic E-state index is 6.09. The molecule has 0 bridgehead atoms. The molecule has 0 aliphatic carbocycles. The first-order chi connectivity index (χ1) is 8.08. The molecule has 0 amide bonds. The SMILES string of the molecule is Nc1ccc(Nc2c(Cl)cccc2Cl)c(I)c1. The Kier molecular flexibility index (Phi) is 4.01. The molecule has 3 N–H and O–H groups in total. The Hall–Kier alpha value is -0.650. The normalized spacial score (nSPS) is 10.3. The molecule has 0 aromatic heterocycles. The number of rotatable bonds is 2. The van der Waals surface area contributed by atoms with E-state index in [1.165, 1.54) is 0 Å². The fourth-order valence-electron chi connectivity index (χ4n) is 1.38. The third-order valence-corrected chi connectivity index (χ3v) is 3.74. The summed E-state index contributed by atoms with van der Waals surface area (Å²) in [6.45, 7) is 0. The van der Waals surface area contributed by atoms with Gasteiger partial charge in [0.2, 0.25) is 0 Å². The highest BCUT2D eigenvalue weighted by Gasteiger charge is 2.07. The molecule has 0 atom stereocenters. The Morgan fingerprint density at radius 3 is 2.29 bits per heavy atom. The Morgan fingerprint density at radius 2 is 1.71 bits per heavy atom. The molecule has 0 heterocycles. The summed E-state index contributed by atoms with van der Waals surface area (Å²) in [4.78, 5) is 0. The van der Waals surface area contributed by atoms with Crippen LogP contribution in [-0.2, 0) is 0 Å². The van der Waals surface area contributed by atoms with Crippen LogP contribution >= 0.6 is 45.8 Å². The summed E-state index contributed by atoms with van der Waals surface area (Å²) in [5, 5.41) is 4.39. The van der Waals surface area contributed by atoms with Crippen LogP contribution in [0.3, 0.4) is 0 Å². The second kappa shape index (κ2) is 5.33. The van der Waals surface area contributed by atoms with Crippen LogP contribution in [-0.4, -0.2) is 0 Å². The third kappa shape index (κ3) is 2.97. The lowest BCUT2D eigenvalue weighted by atomic mass is 10.2. The second-order valence-electron chi connectivity index (χ2n) is 3.46. The van der Waals surface area contributed by atoms with Crippen molar-refractivity contribution in [3.05, 3.63) is 50.0 Å². The van der Waals surface area contributed by atoms with Crippen molar-refractivity contribution in [3.63, 3.8) is 0 Å². The van der Waals surface area contributed by atoms with E-state index < -0.39 is 0 Å². The highest BCUT2D eigenvalue weighted by Crippen LogP contribution is 2.34. The van der Waals surface area contributed by atoms with Gasteiger partial charge >= 0.3 is 0 Å². The van der Waals surface area contributed by atoms with E-state index in [1.807, 2.05) is 24.3 Å². The van der Waals surface area contributed by atoms with E-state index in [0.29, 0.717) is 15.7 Å². The summed E-state index contributed by atoms with van der Waals surface area (Å²) >= 11 is 14.4. The number of para-hydroxylation sites is 1. The number of hydrogen-bond donors (Lipinski definition) is 2. The van der Waals surface area contributed by atoms with Crippen LogP contribution in [0.15, 0.2) is 36.4 Å². The van der Waals surface area contributed by atoms with Gasteiger partial charge in [-0.1, -0.05) is 29.3 Å². The molecule has 0 unspecified atom stereocenters. The monoisotopic (exact) mass is 378 g/mol. The predicted octanol–water partition coefficient (Wildman–Crippen LogP) is 4.92. The Balaban J connectivity index is 2.38. The molecule has 2 rings (SSSR count). The second-order valence-corrected chi connectivity index (χ2v) is 5.44. The van der Waals surface area contributed by atoms with Crippen LogP contribution < -0.4 is 11.1 Å². The van der Waals surface area contributed by atoms with Gasteiger partial charge in [-0.15, -0.1) is 0 Å². The van der Waals surface area contributed by atoms with E-state index in [2.05, 4.69) is 27.9 Å². The molecule has 2 nitrogen and oxygen atoms in total. The van der Waals surface area contributed by atoms with Crippen LogP contribution in [0.4, 0.5) is 17.1 Å². The van der Waals surface area contributed by atoms with E-state index in [9.17, 15) is 0 Å². The van der Waals surface area contributed by atoms with Crippen molar-refractivity contribution in [1.29, 1.82) is 0 Å². The van der Waals surface area contributed by atoms with E-state index in [1.54, 1.807) is 12.1 Å². The Labute approximate surface area is 123 Å². The number of halogens is 3. The van der Waals surface area contributed by atoms with Crippen molar-refractivity contribution in [3.8, 4) is 0 Å². The van der Waals surface area contributed by atoms with Gasteiger partial charge in [0.25, 0.3) is 0 Å². The first-order valence-corrected chi connectivity index (χ1v) is 6.67. The van der Waals surface area contributed by atoms with Gasteiger partial charge in [0, 0.05) is 9.26 Å². The fraction of sp³-hybridized carbons (Fsp3) is 0. The third-order valence-electron chi connectivity index (χ3n) is 2.22. The maximum absolute atomic E-state index is 6.09. The van der Waals surface area contributed by atoms with Crippen LogP contribution in [0, 0.1) is 3.57 Å². The zero-order valence-corrected chi connectivity index (χ0v) is 12.3. The van der Waals surface area contributed by atoms with Gasteiger partial charge in [-0.05, 0) is 52.9 Å². The van der Waals surface area contributed by atoms with Crippen molar-refractivity contribution in [1.82, 2.24) is 0 Å². The van der Waals surface area contributed by atoms with E-state index in [4.69, 9.17) is 28.9 Å². The van der Waals surface area contributed by atoms with Gasteiger partial charge in [0.1, 0.15) is 0 Å². The number of nitrogens with two attached hydrogens (primary N) is 1. The summed E-state index contributed by atoms with van der Waals surface area (Å²) in [5.74, 6) is 0. The van der Waals surface area contributed by atoms with Gasteiger partial charge in [-0.25, -0.2) is 0 Å². The molecule has 17 heavy (non-hydrogen) atoms. The summed E-state index contributed by atoms with van der Waals surface area (Å²) in [6, 6.07) is 11.0. The van der Waals surface area contributed by atoms with Crippen LogP contribution in [0.2, 0.25) is 10.0 Å². The lowest BCUT2D eigenvalue weighted by Gasteiger charge is -2.12. The molecular formula is C12H9Cl2IN2. The van der Waals surface area contributed by atoms with Crippen molar-refractivity contribution in [2.24, 2.45) is 0 Å². The molecule has 0 spiro atoms. The van der Waals surface area contributed by atoms with Crippen molar-refractivity contribution in [2.75, 3.05) is 11.1 Å². The van der Waals surface area contributed by atoms with Crippen molar-refractivity contribution >= 4 is 62.9 Å². The summed E-state index contributed by atoms with van der Waals surface area (Å²) in [6.07, 6.45) is 0. The Morgan fingerprint density at radius 1 is 1.06 bits per heavy atom. The average Bonchev–Trinajstić information content (AvgIpc) is 2.26. The number of benzene rings is 2. The molecule has 0 saturated heterocycles. The molecule has 5 heteroatoms. The number of anilines is 3. The summed E-state index contributed by atoms with van der Waals surface area (Å²) < 4.78 is 1.01. The number of hydrogen-bond acceptors (Lipinski definition) is 2. The number of nitrogens with one attached hydrogen (secondary N) is 1. The molecule has 88 valence electrons. The summed E-state index contributed by atoms with van der Waals surface area (Å²) in [5.41, 5.74) is 8.06. The Bertz CT molecular complexity index is 538. The molecule has 0 radical (unpaired) electrons. The molecule has 0 saturated carbocycles. The lowest BCUT2D eigenvalue weighted by molar-refractivity contribution is 1.52. The minimum Gasteiger partial charge on any atom is -0.399 e. The minimum absolute atomic E-state index is 0.588. The van der Waals surface area contributed by atoms with Gasteiger partial charge < -0.3 is 11.1 Å². The smallest absolute Gasteiger partial charge is 0.0763 e. The van der Waals surface area contributed by atoms with Gasteiger partial charge in [-0.2, -0.15) is 0 Å². The molecule has 0 fully saturated rings. The molecule has 0 aliphatic rings. The maximum Gasteiger partial charge on any atom is 0.0763 e. The predicted molar refractivity (Wildman–Crippen MR) is 83.3 cm³/mol. The topological polar surface area (TPSA) is 38.0 Å². The van der Waals surface area contributed by atoms with Crippen molar-refractivity contribution < 1.29 is 0 Å². The van der Waals surface area contributed by atoms with Crippen LogP contribution in [0.5, 0.6) is 0 Å². The first kappa shape index (κ1) is 12.8. The van der Waals surface area contributed by atoms with E-state index in [-0.39, 0.29) is 0 Å². The zero-order chi connectivity index (χ0) is 12.4. The molecule has 2 aromatic rings. The van der Waals surface area contributed by atoms with E-state index in [0.717, 1.165) is 14.9 Å². The van der Waals surface area contributed by atoms with Crippen LogP contribution in [0.1, 0.15) is 0 Å². The molecular weight excluding hydrogens is 370 g/mol. The van der Waals surface area contributed by atoms with Gasteiger partial charge in [0.05, 0.1) is 21.4 Å². The largest absolute Gasteiger partial charge is 0.399 e. The van der Waals surface area contributed by atoms with Gasteiger partial charge in [-0.3, -0.25) is 0 Å². The molecule has 0 aliphatic heterocycles. The standard InChI is InChI=1S/C12H9Cl2IN2/c13-8-2-1-3-9(14)12(8)17-11-5-4-7(16)6-10(11)15/h1-6,17H,16H2. The van der Waals surface area contributed by atoms with Crippen molar-refractivity contribution in [2.45, 2.75) is 0 Å². The fourth-order valence-corrected chi connectivity index (χ4v) is 2.55. The van der Waals surface area contributed by atoms with Gasteiger partial charge in [0.15, 0.2) is 0 Å². The number of nitrogen functional groups attached to an aromatic ring is 1. The minimum atomic E-state index is 0.588. The lowest BCUT2D eigenvalue weighted by Crippen LogP contribution is -1.96. The zero-order valence-electron chi connectivity index (χ0n) is 8.68. The molecule has 2 aromatic carbocycles. The quantitative estimate of drug-likeness (QED) is 0.574. The summed E-state index contributed by atoms with van der Waals surface area (Å²) in [7, 11) is 0. The average molecular weight is 379 g/mol. The highest BCUT2D eigenvalue weighted by atomic mass is 127. The van der Waals surface area contributed by atoms with Crippen LogP contribution in [0.25, 0.3) is 0 Å². The highest BCUT2D eigenvalue weighted by molar-refractivity contribution is 14.1.